The van der Waals surface area contributed by atoms with E-state index in [1.807, 2.05) is 33.2 Å². The molecule has 0 aliphatic carbocycles. The number of carbonyl (C=O) groups is 1. The lowest BCUT2D eigenvalue weighted by Crippen LogP contribution is -2.44. The molecule has 122 valence electrons. The lowest BCUT2D eigenvalue weighted by atomic mass is 10.0. The average molecular weight is 305 g/mol. The van der Waals surface area contributed by atoms with Crippen molar-refractivity contribution >= 4 is 11.8 Å². The Morgan fingerprint density at radius 3 is 2.68 bits per heavy atom. The van der Waals surface area contributed by atoms with Crippen LogP contribution in [-0.2, 0) is 11.2 Å². The van der Waals surface area contributed by atoms with Crippen LogP contribution in [0.2, 0.25) is 0 Å². The summed E-state index contributed by atoms with van der Waals surface area (Å²) in [4.78, 5) is 18.0. The van der Waals surface area contributed by atoms with Crippen LogP contribution in [0.1, 0.15) is 46.1 Å². The van der Waals surface area contributed by atoms with Gasteiger partial charge in [-0.15, -0.1) is 0 Å². The summed E-state index contributed by atoms with van der Waals surface area (Å²) in [6, 6.07) is 2.44. The Morgan fingerprint density at radius 1 is 1.41 bits per heavy atom. The van der Waals surface area contributed by atoms with Crippen LogP contribution >= 0.6 is 0 Å². The predicted octanol–water partition coefficient (Wildman–Crippen LogP) is 3.46. The van der Waals surface area contributed by atoms with Gasteiger partial charge in [0.1, 0.15) is 5.60 Å². The zero-order valence-electron chi connectivity index (χ0n) is 14.1. The number of pyridine rings is 1. The van der Waals surface area contributed by atoms with Crippen LogP contribution < -0.4 is 5.32 Å². The van der Waals surface area contributed by atoms with Gasteiger partial charge in [0.05, 0.1) is 11.9 Å². The highest BCUT2D eigenvalue weighted by Gasteiger charge is 2.26. The summed E-state index contributed by atoms with van der Waals surface area (Å²) in [6.45, 7) is 9.30. The van der Waals surface area contributed by atoms with E-state index in [1.54, 1.807) is 4.90 Å². The van der Waals surface area contributed by atoms with E-state index in [-0.39, 0.29) is 6.09 Å². The first kappa shape index (κ1) is 16.6. The highest BCUT2D eigenvalue weighted by atomic mass is 16.6. The molecule has 1 aliphatic rings. The number of nitrogens with zero attached hydrogens (tertiary/aromatic N) is 2. The molecule has 1 fully saturated rings. The number of carbonyl (C=O) groups excluding carboxylic acids is 1. The zero-order chi connectivity index (χ0) is 16.2. The van der Waals surface area contributed by atoms with E-state index in [1.165, 1.54) is 5.56 Å². The largest absolute Gasteiger partial charge is 0.444 e. The standard InChI is InChI=1S/C17H27N3O2/c1-5-13-6-9-18-12-15(13)19-14-7-10-20(11-8-14)16(21)22-17(2,3)4/h6,9,12,14,19H,5,7-8,10-11H2,1-4H3. The molecular weight excluding hydrogens is 278 g/mol. The fourth-order valence-electron chi connectivity index (χ4n) is 2.61. The van der Waals surface area contributed by atoms with E-state index in [4.69, 9.17) is 4.74 Å². The minimum absolute atomic E-state index is 0.207. The maximum atomic E-state index is 12.1. The third-order valence-corrected chi connectivity index (χ3v) is 3.80. The normalized spacial score (nSPS) is 16.5. The van der Waals surface area contributed by atoms with Crippen molar-refractivity contribution in [3.8, 4) is 0 Å². The zero-order valence-corrected chi connectivity index (χ0v) is 14.1. The Hall–Kier alpha value is -1.78. The fourth-order valence-corrected chi connectivity index (χ4v) is 2.61. The first-order chi connectivity index (χ1) is 10.4. The van der Waals surface area contributed by atoms with Gasteiger partial charge in [-0.05, 0) is 51.7 Å². The molecule has 2 heterocycles. The smallest absolute Gasteiger partial charge is 0.410 e. The van der Waals surface area contributed by atoms with Gasteiger partial charge in [-0.25, -0.2) is 4.79 Å². The Balaban J connectivity index is 1.86. The lowest BCUT2D eigenvalue weighted by molar-refractivity contribution is 0.0210. The van der Waals surface area contributed by atoms with Gasteiger partial charge in [-0.2, -0.15) is 0 Å². The molecule has 1 amide bonds. The summed E-state index contributed by atoms with van der Waals surface area (Å²) in [5, 5.41) is 3.57. The Bertz CT molecular complexity index is 503. The van der Waals surface area contributed by atoms with Gasteiger partial charge in [0.25, 0.3) is 0 Å². The molecule has 1 aliphatic heterocycles. The molecule has 0 aromatic carbocycles. The van der Waals surface area contributed by atoms with Crippen LogP contribution in [0.15, 0.2) is 18.5 Å². The van der Waals surface area contributed by atoms with E-state index in [0.717, 1.165) is 38.0 Å². The molecule has 2 rings (SSSR count). The molecule has 1 saturated heterocycles. The molecule has 0 bridgehead atoms. The van der Waals surface area contributed by atoms with Gasteiger partial charge < -0.3 is 15.0 Å². The number of piperidine rings is 1. The molecule has 0 atom stereocenters. The highest BCUT2D eigenvalue weighted by molar-refractivity contribution is 5.68. The minimum atomic E-state index is -0.433. The monoisotopic (exact) mass is 305 g/mol. The number of amides is 1. The Kier molecular flexibility index (Phi) is 5.27. The first-order valence-corrected chi connectivity index (χ1v) is 8.06. The number of likely N-dealkylation sites (tertiary alicyclic amines) is 1. The second-order valence-electron chi connectivity index (χ2n) is 6.77. The van der Waals surface area contributed by atoms with Crippen molar-refractivity contribution in [1.29, 1.82) is 0 Å². The molecule has 1 aromatic rings. The average Bonchev–Trinajstić information content (AvgIpc) is 2.47. The van der Waals surface area contributed by atoms with Crippen LogP contribution in [0.25, 0.3) is 0 Å². The van der Waals surface area contributed by atoms with Crippen LogP contribution in [0.3, 0.4) is 0 Å². The maximum absolute atomic E-state index is 12.1. The van der Waals surface area contributed by atoms with E-state index >= 15 is 0 Å². The maximum Gasteiger partial charge on any atom is 0.410 e. The number of nitrogens with one attached hydrogen (secondary N) is 1. The van der Waals surface area contributed by atoms with Gasteiger partial charge in [0.2, 0.25) is 0 Å². The fraction of sp³-hybridized carbons (Fsp3) is 0.647. The van der Waals surface area contributed by atoms with Crippen LogP contribution in [0.5, 0.6) is 0 Å². The third-order valence-electron chi connectivity index (χ3n) is 3.80. The van der Waals surface area contributed by atoms with Crippen molar-refractivity contribution in [3.63, 3.8) is 0 Å². The van der Waals surface area contributed by atoms with Crippen molar-refractivity contribution in [2.75, 3.05) is 18.4 Å². The molecule has 5 heteroatoms. The topological polar surface area (TPSA) is 54.5 Å². The minimum Gasteiger partial charge on any atom is -0.444 e. The summed E-state index contributed by atoms with van der Waals surface area (Å²) in [7, 11) is 0. The summed E-state index contributed by atoms with van der Waals surface area (Å²) in [5.74, 6) is 0. The van der Waals surface area contributed by atoms with Crippen LogP contribution in [0, 0.1) is 0 Å². The molecule has 1 N–H and O–H groups in total. The van der Waals surface area contributed by atoms with Gasteiger partial charge in [0.15, 0.2) is 0 Å². The molecule has 0 spiro atoms. The van der Waals surface area contributed by atoms with Crippen molar-refractivity contribution in [2.45, 2.75) is 58.6 Å². The number of aryl methyl sites for hydroxylation is 1. The van der Waals surface area contributed by atoms with E-state index < -0.39 is 5.60 Å². The number of rotatable bonds is 3. The molecule has 0 radical (unpaired) electrons. The van der Waals surface area contributed by atoms with Crippen molar-refractivity contribution in [3.05, 3.63) is 24.0 Å². The molecule has 0 unspecified atom stereocenters. The summed E-state index contributed by atoms with van der Waals surface area (Å²) >= 11 is 0. The van der Waals surface area contributed by atoms with Crippen molar-refractivity contribution < 1.29 is 9.53 Å². The number of ether oxygens (including phenoxy) is 1. The number of hydrogen-bond acceptors (Lipinski definition) is 4. The quantitative estimate of drug-likeness (QED) is 0.929. The van der Waals surface area contributed by atoms with Crippen LogP contribution in [-0.4, -0.2) is 40.7 Å². The molecule has 22 heavy (non-hydrogen) atoms. The Labute approximate surface area is 133 Å². The molecule has 1 aromatic heterocycles. The van der Waals surface area contributed by atoms with Crippen molar-refractivity contribution in [1.82, 2.24) is 9.88 Å². The van der Waals surface area contributed by atoms with E-state index in [0.29, 0.717) is 6.04 Å². The highest BCUT2D eigenvalue weighted by Crippen LogP contribution is 2.21. The number of hydrogen-bond donors (Lipinski definition) is 1. The SMILES string of the molecule is CCc1ccncc1NC1CCN(C(=O)OC(C)(C)C)CC1. The van der Waals surface area contributed by atoms with Gasteiger partial charge >= 0.3 is 6.09 Å². The van der Waals surface area contributed by atoms with E-state index in [2.05, 4.69) is 23.3 Å². The van der Waals surface area contributed by atoms with Gasteiger partial charge in [-0.1, -0.05) is 6.92 Å². The molecule has 0 saturated carbocycles. The Morgan fingerprint density at radius 2 is 2.09 bits per heavy atom. The number of aromatic nitrogens is 1. The molecular formula is C17H27N3O2. The summed E-state index contributed by atoms with van der Waals surface area (Å²) < 4.78 is 5.42. The second-order valence-corrected chi connectivity index (χ2v) is 6.77. The summed E-state index contributed by atoms with van der Waals surface area (Å²) in [6.07, 6.45) is 6.35. The number of anilines is 1. The van der Waals surface area contributed by atoms with Gasteiger partial charge in [0, 0.05) is 25.3 Å². The van der Waals surface area contributed by atoms with Crippen molar-refractivity contribution in [2.24, 2.45) is 0 Å². The van der Waals surface area contributed by atoms with Gasteiger partial charge in [-0.3, -0.25) is 4.98 Å². The van der Waals surface area contributed by atoms with E-state index in [9.17, 15) is 4.79 Å². The summed E-state index contributed by atoms with van der Waals surface area (Å²) in [5.41, 5.74) is 1.96. The third kappa shape index (κ3) is 4.61. The predicted molar refractivity (Wildman–Crippen MR) is 88.1 cm³/mol. The first-order valence-electron chi connectivity index (χ1n) is 8.06. The molecule has 5 nitrogen and oxygen atoms in total. The lowest BCUT2D eigenvalue weighted by Gasteiger charge is -2.34. The second kappa shape index (κ2) is 6.99. The van der Waals surface area contributed by atoms with Crippen LogP contribution in [0.4, 0.5) is 10.5 Å².